The molecule has 0 unspecified atom stereocenters. The molecule has 0 amide bonds. The van der Waals surface area contributed by atoms with Gasteiger partial charge in [-0.3, -0.25) is 0 Å². The van der Waals surface area contributed by atoms with Gasteiger partial charge in [-0.25, -0.2) is 8.42 Å². The second kappa shape index (κ2) is 5.93. The zero-order valence-corrected chi connectivity index (χ0v) is 14.0. The van der Waals surface area contributed by atoms with Gasteiger partial charge in [0.2, 0.25) is 0 Å². The Morgan fingerprint density at radius 2 is 1.80 bits per heavy atom. The summed E-state index contributed by atoms with van der Waals surface area (Å²) in [6.45, 7) is 0. The molecule has 0 saturated carbocycles. The van der Waals surface area contributed by atoms with E-state index in [0.29, 0.717) is 10.6 Å². The van der Waals surface area contributed by atoms with Crippen LogP contribution in [0.25, 0.3) is 0 Å². The second-order valence-electron chi connectivity index (χ2n) is 4.15. The third-order valence-electron chi connectivity index (χ3n) is 2.67. The Kier molecular flexibility index (Phi) is 4.64. The maximum Gasteiger partial charge on any atom is 0.186 e. The van der Waals surface area contributed by atoms with E-state index in [1.807, 2.05) is 0 Å². The highest BCUT2D eigenvalue weighted by atomic mass is 79.9. The van der Waals surface area contributed by atoms with Crippen molar-refractivity contribution in [3.05, 3.63) is 56.5 Å². The quantitative estimate of drug-likeness (QED) is 0.789. The predicted molar refractivity (Wildman–Crippen MR) is 85.9 cm³/mol. The highest BCUT2D eigenvalue weighted by Gasteiger charge is 2.22. The molecule has 2 aromatic rings. The number of sulfone groups is 1. The highest BCUT2D eigenvalue weighted by molar-refractivity contribution is 9.10. The summed E-state index contributed by atoms with van der Waals surface area (Å²) in [4.78, 5) is -0.0550. The molecule has 0 atom stereocenters. The number of rotatable bonds is 3. The predicted octanol–water partition coefficient (Wildman–Crippen LogP) is 4.31. The van der Waals surface area contributed by atoms with E-state index in [-0.39, 0.29) is 21.4 Å². The lowest BCUT2D eigenvalue weighted by Gasteiger charge is -2.10. The summed E-state index contributed by atoms with van der Waals surface area (Å²) in [7, 11) is -3.67. The van der Waals surface area contributed by atoms with Crippen LogP contribution < -0.4 is 5.73 Å². The maximum atomic E-state index is 12.4. The molecule has 0 aromatic heterocycles. The summed E-state index contributed by atoms with van der Waals surface area (Å²) < 4.78 is 25.7. The summed E-state index contributed by atoms with van der Waals surface area (Å²) in [5.41, 5.74) is 6.34. The van der Waals surface area contributed by atoms with E-state index in [4.69, 9.17) is 28.9 Å². The lowest BCUT2D eigenvalue weighted by atomic mass is 10.2. The van der Waals surface area contributed by atoms with Gasteiger partial charge in [-0.05, 0) is 29.8 Å². The van der Waals surface area contributed by atoms with Crippen molar-refractivity contribution >= 4 is 54.7 Å². The molecule has 106 valence electrons. The molecular weight excluding hydrogens is 385 g/mol. The number of hydrogen-bond donors (Lipinski definition) is 1. The molecule has 0 radical (unpaired) electrons. The average molecular weight is 395 g/mol. The van der Waals surface area contributed by atoms with E-state index < -0.39 is 9.84 Å². The average Bonchev–Trinajstić information content (AvgIpc) is 2.32. The van der Waals surface area contributed by atoms with Crippen LogP contribution >= 0.6 is 39.1 Å². The minimum Gasteiger partial charge on any atom is -0.398 e. The van der Waals surface area contributed by atoms with Crippen LogP contribution in [-0.2, 0) is 15.6 Å². The molecule has 0 aliphatic heterocycles. The van der Waals surface area contributed by atoms with E-state index in [2.05, 4.69) is 15.9 Å². The highest BCUT2D eigenvalue weighted by Crippen LogP contribution is 2.31. The van der Waals surface area contributed by atoms with Gasteiger partial charge in [0.1, 0.15) is 4.90 Å². The topological polar surface area (TPSA) is 60.2 Å². The SMILES string of the molecule is Nc1cccc(Cl)c1S(=O)(=O)Cc1ccc(Br)cc1Cl. The van der Waals surface area contributed by atoms with Crippen molar-refractivity contribution in [3.63, 3.8) is 0 Å². The van der Waals surface area contributed by atoms with Gasteiger partial charge in [-0.2, -0.15) is 0 Å². The first-order valence-corrected chi connectivity index (χ1v) is 8.72. The van der Waals surface area contributed by atoms with Crippen molar-refractivity contribution in [1.29, 1.82) is 0 Å². The first kappa shape index (κ1) is 15.6. The Bertz CT molecular complexity index is 743. The molecule has 3 nitrogen and oxygen atoms in total. The van der Waals surface area contributed by atoms with Crippen LogP contribution in [0.4, 0.5) is 5.69 Å². The van der Waals surface area contributed by atoms with Gasteiger partial charge in [0, 0.05) is 9.50 Å². The maximum absolute atomic E-state index is 12.4. The Balaban J connectivity index is 2.46. The third-order valence-corrected chi connectivity index (χ3v) is 5.71. The van der Waals surface area contributed by atoms with E-state index in [1.165, 1.54) is 12.1 Å². The summed E-state index contributed by atoms with van der Waals surface area (Å²) in [5.74, 6) is -0.257. The van der Waals surface area contributed by atoms with Crippen molar-refractivity contribution in [2.75, 3.05) is 5.73 Å². The lowest BCUT2D eigenvalue weighted by molar-refractivity contribution is 0.595. The van der Waals surface area contributed by atoms with Gasteiger partial charge in [0.05, 0.1) is 16.5 Å². The number of anilines is 1. The molecule has 0 bridgehead atoms. The summed E-state index contributed by atoms with van der Waals surface area (Å²) in [6, 6.07) is 9.62. The van der Waals surface area contributed by atoms with E-state index >= 15 is 0 Å². The van der Waals surface area contributed by atoms with E-state index in [1.54, 1.807) is 24.3 Å². The van der Waals surface area contributed by atoms with Gasteiger partial charge in [-0.1, -0.05) is 51.3 Å². The van der Waals surface area contributed by atoms with Crippen molar-refractivity contribution in [3.8, 4) is 0 Å². The first-order chi connectivity index (χ1) is 9.31. The molecule has 0 saturated heterocycles. The van der Waals surface area contributed by atoms with Crippen LogP contribution in [-0.4, -0.2) is 8.42 Å². The molecule has 2 aromatic carbocycles. The molecule has 2 N–H and O–H groups in total. The summed E-state index contributed by atoms with van der Waals surface area (Å²) >= 11 is 15.3. The summed E-state index contributed by atoms with van der Waals surface area (Å²) in [6.07, 6.45) is 0. The van der Waals surface area contributed by atoms with Crippen molar-refractivity contribution in [1.82, 2.24) is 0 Å². The number of nitrogen functional groups attached to an aromatic ring is 1. The Labute approximate surface area is 135 Å². The van der Waals surface area contributed by atoms with Crippen LogP contribution in [0.15, 0.2) is 45.8 Å². The van der Waals surface area contributed by atoms with Crippen molar-refractivity contribution < 1.29 is 8.42 Å². The van der Waals surface area contributed by atoms with Gasteiger partial charge >= 0.3 is 0 Å². The van der Waals surface area contributed by atoms with Crippen LogP contribution in [0.2, 0.25) is 10.0 Å². The first-order valence-electron chi connectivity index (χ1n) is 5.52. The number of halogens is 3. The number of benzene rings is 2. The van der Waals surface area contributed by atoms with E-state index in [9.17, 15) is 8.42 Å². The standard InChI is InChI=1S/C13H10BrCl2NO2S/c14-9-5-4-8(11(16)6-9)7-20(18,19)13-10(15)2-1-3-12(13)17/h1-6H,7,17H2. The third kappa shape index (κ3) is 3.28. The van der Waals surface area contributed by atoms with Gasteiger partial charge in [0.25, 0.3) is 0 Å². The number of nitrogens with two attached hydrogens (primary N) is 1. The van der Waals surface area contributed by atoms with Gasteiger partial charge < -0.3 is 5.73 Å². The molecule has 0 aliphatic carbocycles. The van der Waals surface area contributed by atoms with Crippen molar-refractivity contribution in [2.24, 2.45) is 0 Å². The monoisotopic (exact) mass is 393 g/mol. The van der Waals surface area contributed by atoms with Crippen LogP contribution in [0.3, 0.4) is 0 Å². The molecule has 2 rings (SSSR count). The molecule has 0 spiro atoms. The van der Waals surface area contributed by atoms with Crippen LogP contribution in [0.1, 0.15) is 5.56 Å². The van der Waals surface area contributed by atoms with Gasteiger partial charge in [-0.15, -0.1) is 0 Å². The minimum atomic E-state index is -3.67. The Hall–Kier alpha value is -0.750. The fourth-order valence-electron chi connectivity index (χ4n) is 1.77. The zero-order valence-electron chi connectivity index (χ0n) is 10.1. The zero-order chi connectivity index (χ0) is 14.9. The molecule has 0 aliphatic rings. The second-order valence-corrected chi connectivity index (χ2v) is 7.81. The number of hydrogen-bond acceptors (Lipinski definition) is 3. The fraction of sp³-hybridized carbons (Fsp3) is 0.0769. The molecule has 20 heavy (non-hydrogen) atoms. The molecule has 0 heterocycles. The molecule has 0 fully saturated rings. The Morgan fingerprint density at radius 3 is 2.40 bits per heavy atom. The smallest absolute Gasteiger partial charge is 0.186 e. The Morgan fingerprint density at radius 1 is 1.10 bits per heavy atom. The van der Waals surface area contributed by atoms with E-state index in [0.717, 1.165) is 4.47 Å². The molecular formula is C13H10BrCl2NO2S. The largest absolute Gasteiger partial charge is 0.398 e. The van der Waals surface area contributed by atoms with Crippen LogP contribution in [0.5, 0.6) is 0 Å². The van der Waals surface area contributed by atoms with Crippen LogP contribution in [0, 0.1) is 0 Å². The van der Waals surface area contributed by atoms with Crippen molar-refractivity contribution in [2.45, 2.75) is 10.6 Å². The lowest BCUT2D eigenvalue weighted by Crippen LogP contribution is -2.09. The molecule has 7 heteroatoms. The normalized spacial score (nSPS) is 11.6. The minimum absolute atomic E-state index is 0.0550. The summed E-state index contributed by atoms with van der Waals surface area (Å²) in [5, 5.41) is 0.479. The fourth-order valence-corrected chi connectivity index (χ4v) is 4.72. The van der Waals surface area contributed by atoms with Gasteiger partial charge in [0.15, 0.2) is 9.84 Å².